The van der Waals surface area contributed by atoms with E-state index >= 15 is 0 Å². The molecule has 27 heavy (non-hydrogen) atoms. The molecule has 1 N–H and O–H groups in total. The predicted octanol–water partition coefficient (Wildman–Crippen LogP) is 4.07. The van der Waals surface area contributed by atoms with Crippen molar-refractivity contribution in [2.24, 2.45) is 0 Å². The molecule has 0 atom stereocenters. The van der Waals surface area contributed by atoms with Crippen LogP contribution in [-0.4, -0.2) is 16.8 Å². The maximum absolute atomic E-state index is 12.1. The van der Waals surface area contributed by atoms with Gasteiger partial charge in [-0.3, -0.25) is 14.9 Å². The van der Waals surface area contributed by atoms with Crippen molar-refractivity contribution >= 4 is 23.3 Å². The number of ether oxygens (including phenoxy) is 1. The van der Waals surface area contributed by atoms with Gasteiger partial charge in [-0.05, 0) is 48.5 Å². The molecule has 1 amide bonds. The first kappa shape index (κ1) is 17.8. The molecule has 0 aliphatic heterocycles. The van der Waals surface area contributed by atoms with Crippen LogP contribution in [0, 0.1) is 10.1 Å². The summed E-state index contributed by atoms with van der Waals surface area (Å²) in [5.41, 5.74) is 1.18. The third kappa shape index (κ3) is 4.55. The number of esters is 1. The summed E-state index contributed by atoms with van der Waals surface area (Å²) in [5, 5.41) is 13.4. The monoisotopic (exact) mass is 362 g/mol. The lowest BCUT2D eigenvalue weighted by atomic mass is 10.2. The summed E-state index contributed by atoms with van der Waals surface area (Å²) < 4.78 is 5.22. The van der Waals surface area contributed by atoms with Crippen LogP contribution in [0.4, 0.5) is 11.4 Å². The Morgan fingerprint density at radius 1 is 0.815 bits per heavy atom. The summed E-state index contributed by atoms with van der Waals surface area (Å²) in [7, 11) is 0. The Bertz CT molecular complexity index is 968. The number of anilines is 1. The van der Waals surface area contributed by atoms with Gasteiger partial charge in [0.2, 0.25) is 0 Å². The molecule has 7 nitrogen and oxygen atoms in total. The van der Waals surface area contributed by atoms with Gasteiger partial charge >= 0.3 is 5.97 Å². The third-order valence-corrected chi connectivity index (χ3v) is 3.67. The van der Waals surface area contributed by atoms with Crippen molar-refractivity contribution in [3.63, 3.8) is 0 Å². The summed E-state index contributed by atoms with van der Waals surface area (Å²) in [4.78, 5) is 34.3. The lowest BCUT2D eigenvalue weighted by Crippen LogP contribution is -2.12. The zero-order chi connectivity index (χ0) is 19.2. The molecule has 134 valence electrons. The van der Waals surface area contributed by atoms with Crippen LogP contribution in [-0.2, 0) is 0 Å². The van der Waals surface area contributed by atoms with E-state index in [1.807, 2.05) is 6.07 Å². The van der Waals surface area contributed by atoms with Crippen molar-refractivity contribution in [2.45, 2.75) is 0 Å². The molecule has 0 spiro atoms. The summed E-state index contributed by atoms with van der Waals surface area (Å²) in [6, 6.07) is 20.2. The van der Waals surface area contributed by atoms with Gasteiger partial charge in [0.25, 0.3) is 11.6 Å². The van der Waals surface area contributed by atoms with Crippen LogP contribution in [0.1, 0.15) is 20.7 Å². The molecule has 0 radical (unpaired) electrons. The second kappa shape index (κ2) is 7.92. The lowest BCUT2D eigenvalue weighted by Gasteiger charge is -2.07. The Labute approximate surface area is 154 Å². The molecule has 0 fully saturated rings. The van der Waals surface area contributed by atoms with Crippen LogP contribution in [0.3, 0.4) is 0 Å². The van der Waals surface area contributed by atoms with E-state index in [9.17, 15) is 19.7 Å². The zero-order valence-corrected chi connectivity index (χ0v) is 14.0. The van der Waals surface area contributed by atoms with Crippen molar-refractivity contribution in [3.8, 4) is 5.75 Å². The van der Waals surface area contributed by atoms with Crippen LogP contribution in [0.25, 0.3) is 0 Å². The van der Waals surface area contributed by atoms with E-state index in [4.69, 9.17) is 4.74 Å². The number of nitrogens with one attached hydrogen (secondary N) is 1. The Morgan fingerprint density at radius 3 is 2.04 bits per heavy atom. The first-order chi connectivity index (χ1) is 13.0. The molecule has 0 unspecified atom stereocenters. The van der Waals surface area contributed by atoms with Gasteiger partial charge in [0.05, 0.1) is 10.5 Å². The molecule has 0 aliphatic rings. The molecule has 3 aromatic carbocycles. The average Bonchev–Trinajstić information content (AvgIpc) is 2.70. The minimum Gasteiger partial charge on any atom is -0.423 e. The minimum absolute atomic E-state index is 0.106. The fourth-order valence-electron chi connectivity index (χ4n) is 2.28. The average molecular weight is 362 g/mol. The van der Waals surface area contributed by atoms with Crippen molar-refractivity contribution in [3.05, 3.63) is 100 Å². The second-order valence-electron chi connectivity index (χ2n) is 5.54. The summed E-state index contributed by atoms with van der Waals surface area (Å²) >= 11 is 0. The van der Waals surface area contributed by atoms with Crippen molar-refractivity contribution in [1.29, 1.82) is 0 Å². The highest BCUT2D eigenvalue weighted by atomic mass is 16.6. The standard InChI is InChI=1S/C20H14N2O5/c23-19(14-4-2-1-3-5-14)21-16-8-12-18(13-9-16)27-20(24)15-6-10-17(11-7-15)22(25)26/h1-13H,(H,21,23). The summed E-state index contributed by atoms with van der Waals surface area (Å²) in [6.07, 6.45) is 0. The zero-order valence-electron chi connectivity index (χ0n) is 14.0. The number of benzene rings is 3. The normalized spacial score (nSPS) is 10.1. The number of nitrogens with zero attached hydrogens (tertiary/aromatic N) is 1. The third-order valence-electron chi connectivity index (χ3n) is 3.67. The number of non-ortho nitro benzene ring substituents is 1. The predicted molar refractivity (Wildman–Crippen MR) is 98.9 cm³/mol. The van der Waals surface area contributed by atoms with Gasteiger partial charge in [0.1, 0.15) is 5.75 Å². The number of rotatable bonds is 5. The molecular formula is C20H14N2O5. The Kier molecular flexibility index (Phi) is 5.22. The maximum atomic E-state index is 12.1. The van der Waals surface area contributed by atoms with Gasteiger partial charge in [-0.1, -0.05) is 18.2 Å². The number of hydrogen-bond acceptors (Lipinski definition) is 5. The van der Waals surface area contributed by atoms with Crippen LogP contribution < -0.4 is 10.1 Å². The molecule has 3 rings (SSSR count). The minimum atomic E-state index is -0.633. The summed E-state index contributed by atoms with van der Waals surface area (Å²) in [6.45, 7) is 0. The topological polar surface area (TPSA) is 98.5 Å². The van der Waals surface area contributed by atoms with E-state index in [1.165, 1.54) is 24.3 Å². The van der Waals surface area contributed by atoms with Gasteiger partial charge in [-0.2, -0.15) is 0 Å². The maximum Gasteiger partial charge on any atom is 0.343 e. The molecule has 7 heteroatoms. The Morgan fingerprint density at radius 2 is 1.44 bits per heavy atom. The largest absolute Gasteiger partial charge is 0.423 e. The summed E-state index contributed by atoms with van der Waals surface area (Å²) in [5.74, 6) is -0.590. The van der Waals surface area contributed by atoms with E-state index in [-0.39, 0.29) is 22.9 Å². The number of amides is 1. The van der Waals surface area contributed by atoms with Crippen LogP contribution >= 0.6 is 0 Å². The molecule has 0 bridgehead atoms. The van der Waals surface area contributed by atoms with Gasteiger partial charge in [-0.25, -0.2) is 4.79 Å². The molecule has 3 aromatic rings. The fraction of sp³-hybridized carbons (Fsp3) is 0. The van der Waals surface area contributed by atoms with E-state index in [0.29, 0.717) is 11.3 Å². The Hall–Kier alpha value is -4.00. The molecule has 0 heterocycles. The molecule has 0 aliphatic carbocycles. The van der Waals surface area contributed by atoms with Crippen LogP contribution in [0.15, 0.2) is 78.9 Å². The number of nitro benzene ring substituents is 1. The van der Waals surface area contributed by atoms with E-state index in [1.54, 1.807) is 48.5 Å². The molecule has 0 saturated carbocycles. The second-order valence-corrected chi connectivity index (χ2v) is 5.54. The van der Waals surface area contributed by atoms with Crippen molar-refractivity contribution in [1.82, 2.24) is 0 Å². The van der Waals surface area contributed by atoms with Crippen LogP contribution in [0.5, 0.6) is 5.75 Å². The van der Waals surface area contributed by atoms with Gasteiger partial charge in [-0.15, -0.1) is 0 Å². The molecule has 0 aromatic heterocycles. The smallest absolute Gasteiger partial charge is 0.343 e. The highest BCUT2D eigenvalue weighted by Crippen LogP contribution is 2.19. The highest BCUT2D eigenvalue weighted by Gasteiger charge is 2.12. The lowest BCUT2D eigenvalue weighted by molar-refractivity contribution is -0.384. The highest BCUT2D eigenvalue weighted by molar-refractivity contribution is 6.04. The van der Waals surface area contributed by atoms with Gasteiger partial charge in [0.15, 0.2) is 0 Å². The first-order valence-electron chi connectivity index (χ1n) is 7.96. The van der Waals surface area contributed by atoms with Crippen molar-refractivity contribution in [2.75, 3.05) is 5.32 Å². The molecule has 0 saturated heterocycles. The SMILES string of the molecule is O=C(Nc1ccc(OC(=O)c2ccc([N+](=O)[O-])cc2)cc1)c1ccccc1. The van der Waals surface area contributed by atoms with E-state index in [2.05, 4.69) is 5.32 Å². The van der Waals surface area contributed by atoms with E-state index < -0.39 is 10.9 Å². The van der Waals surface area contributed by atoms with Gasteiger partial charge < -0.3 is 10.1 Å². The van der Waals surface area contributed by atoms with Crippen LogP contribution in [0.2, 0.25) is 0 Å². The Balaban J connectivity index is 1.62. The first-order valence-corrected chi connectivity index (χ1v) is 7.96. The number of carbonyl (C=O) groups excluding carboxylic acids is 2. The van der Waals surface area contributed by atoms with Crippen molar-refractivity contribution < 1.29 is 19.2 Å². The van der Waals surface area contributed by atoms with E-state index in [0.717, 1.165) is 0 Å². The quantitative estimate of drug-likeness (QED) is 0.319. The van der Waals surface area contributed by atoms with Gasteiger partial charge in [0, 0.05) is 23.4 Å². The number of hydrogen-bond donors (Lipinski definition) is 1. The number of carbonyl (C=O) groups is 2. The number of nitro groups is 1. The fourth-order valence-corrected chi connectivity index (χ4v) is 2.28. The molecular weight excluding hydrogens is 348 g/mol.